The van der Waals surface area contributed by atoms with E-state index in [0.29, 0.717) is 0 Å². The number of nitrogens with zero attached hydrogens (tertiary/aromatic N) is 1. The van der Waals surface area contributed by atoms with Crippen molar-refractivity contribution in [1.29, 1.82) is 0 Å². The third-order valence-corrected chi connectivity index (χ3v) is 3.20. The van der Waals surface area contributed by atoms with Gasteiger partial charge in [0.05, 0.1) is 11.3 Å². The fraction of sp³-hybridized carbons (Fsp3) is 0.167. The van der Waals surface area contributed by atoms with Gasteiger partial charge < -0.3 is 5.11 Å². The number of pyridine rings is 1. The lowest BCUT2D eigenvalue weighted by molar-refractivity contribution is -0.133. The molecule has 1 aromatic carbocycles. The first kappa shape index (κ1) is 13.8. The van der Waals surface area contributed by atoms with Gasteiger partial charge in [0.2, 0.25) is 0 Å². The van der Waals surface area contributed by atoms with Crippen LogP contribution in [0.1, 0.15) is 5.69 Å². The van der Waals surface area contributed by atoms with Crippen LogP contribution < -0.4 is 0 Å². The Morgan fingerprint density at radius 3 is 2.82 bits per heavy atom. The molecule has 0 bridgehead atoms. The highest BCUT2D eigenvalue weighted by Gasteiger charge is 2.06. The second kappa shape index (κ2) is 5.89. The average Bonchev–Trinajstić information content (AvgIpc) is 2.25. The van der Waals surface area contributed by atoms with Crippen LogP contribution >= 0.6 is 24.2 Å². The lowest BCUT2D eigenvalue weighted by atomic mass is 10.2. The summed E-state index contributed by atoms with van der Waals surface area (Å²) in [5.74, 6) is -0.725. The van der Waals surface area contributed by atoms with E-state index in [4.69, 9.17) is 5.11 Å². The lowest BCUT2D eigenvalue weighted by Crippen LogP contribution is -1.98. The van der Waals surface area contributed by atoms with Gasteiger partial charge in [-0.05, 0) is 19.1 Å². The van der Waals surface area contributed by atoms with Gasteiger partial charge in [-0.2, -0.15) is 0 Å². The van der Waals surface area contributed by atoms with E-state index in [0.717, 1.165) is 21.5 Å². The zero-order valence-corrected chi connectivity index (χ0v) is 10.8. The Kier molecular flexibility index (Phi) is 4.78. The third-order valence-electron chi connectivity index (χ3n) is 2.16. The molecule has 0 amide bonds. The first-order valence-electron chi connectivity index (χ1n) is 4.88. The molecular formula is C12H12ClNO2S. The van der Waals surface area contributed by atoms with Gasteiger partial charge in [-0.3, -0.25) is 9.78 Å². The van der Waals surface area contributed by atoms with Crippen molar-refractivity contribution in [2.45, 2.75) is 11.8 Å². The van der Waals surface area contributed by atoms with E-state index < -0.39 is 5.97 Å². The largest absolute Gasteiger partial charge is 0.481 e. The van der Waals surface area contributed by atoms with Gasteiger partial charge in [0.15, 0.2) is 0 Å². The van der Waals surface area contributed by atoms with Crippen molar-refractivity contribution >= 4 is 41.0 Å². The first-order chi connectivity index (χ1) is 7.66. The molecule has 0 saturated heterocycles. The van der Waals surface area contributed by atoms with Crippen LogP contribution in [-0.2, 0) is 4.79 Å². The normalized spacial score (nSPS) is 9.94. The van der Waals surface area contributed by atoms with Crippen molar-refractivity contribution in [3.8, 4) is 0 Å². The Labute approximate surface area is 110 Å². The molecular weight excluding hydrogens is 258 g/mol. The summed E-state index contributed by atoms with van der Waals surface area (Å²) in [6.07, 6.45) is 0. The number of para-hydroxylation sites is 1. The van der Waals surface area contributed by atoms with Crippen LogP contribution in [-0.4, -0.2) is 21.8 Å². The van der Waals surface area contributed by atoms with Gasteiger partial charge >= 0.3 is 5.97 Å². The van der Waals surface area contributed by atoms with Crippen LogP contribution in [0.25, 0.3) is 10.9 Å². The van der Waals surface area contributed by atoms with Gasteiger partial charge in [0.25, 0.3) is 0 Å². The number of carboxylic acid groups (broad SMARTS) is 1. The molecule has 2 rings (SSSR count). The summed E-state index contributed by atoms with van der Waals surface area (Å²) in [6.45, 7) is 1.91. The standard InChI is InChI=1S/C12H11NO2S.ClH/c1-8-6-11(16-7-12(14)15)9-4-2-3-5-10(9)13-8;/h2-6H,7H2,1H3,(H,14,15);1H. The molecule has 90 valence electrons. The van der Waals surface area contributed by atoms with E-state index in [9.17, 15) is 4.79 Å². The van der Waals surface area contributed by atoms with Gasteiger partial charge in [-0.25, -0.2) is 0 Å². The number of hydrogen-bond donors (Lipinski definition) is 1. The summed E-state index contributed by atoms with van der Waals surface area (Å²) >= 11 is 1.33. The minimum Gasteiger partial charge on any atom is -0.481 e. The highest BCUT2D eigenvalue weighted by Crippen LogP contribution is 2.27. The first-order valence-corrected chi connectivity index (χ1v) is 5.86. The zero-order chi connectivity index (χ0) is 11.5. The molecule has 0 spiro atoms. The number of aryl methyl sites for hydroxylation is 1. The number of carboxylic acids is 1. The van der Waals surface area contributed by atoms with Gasteiger partial charge in [-0.1, -0.05) is 18.2 Å². The molecule has 1 N–H and O–H groups in total. The van der Waals surface area contributed by atoms with E-state index in [-0.39, 0.29) is 18.2 Å². The average molecular weight is 270 g/mol. The fourth-order valence-corrected chi connectivity index (χ4v) is 2.39. The SMILES string of the molecule is Cc1cc(SCC(=O)O)c2ccccc2n1.Cl. The van der Waals surface area contributed by atoms with Crippen LogP contribution in [0.15, 0.2) is 35.2 Å². The van der Waals surface area contributed by atoms with E-state index in [1.54, 1.807) is 0 Å². The smallest absolute Gasteiger partial charge is 0.313 e. The Morgan fingerprint density at radius 1 is 1.41 bits per heavy atom. The Balaban J connectivity index is 0.00000144. The molecule has 0 aliphatic heterocycles. The van der Waals surface area contributed by atoms with Gasteiger partial charge in [0, 0.05) is 16.0 Å². The number of hydrogen-bond acceptors (Lipinski definition) is 3. The lowest BCUT2D eigenvalue weighted by Gasteiger charge is -2.05. The summed E-state index contributed by atoms with van der Waals surface area (Å²) in [5, 5.41) is 9.69. The van der Waals surface area contributed by atoms with Crippen LogP contribution in [0.2, 0.25) is 0 Å². The van der Waals surface area contributed by atoms with Crippen molar-refractivity contribution in [2.24, 2.45) is 0 Å². The third kappa shape index (κ3) is 3.35. The number of thioether (sulfide) groups is 1. The second-order valence-electron chi connectivity index (χ2n) is 3.46. The van der Waals surface area contributed by atoms with Crippen LogP contribution in [0, 0.1) is 6.92 Å². The Morgan fingerprint density at radius 2 is 2.12 bits per heavy atom. The predicted molar refractivity (Wildman–Crippen MR) is 72.1 cm³/mol. The predicted octanol–water partition coefficient (Wildman–Crippen LogP) is 3.14. The minimum atomic E-state index is -0.802. The number of aliphatic carboxylic acids is 1. The maximum absolute atomic E-state index is 10.6. The maximum Gasteiger partial charge on any atom is 0.313 e. The molecule has 1 heterocycles. The van der Waals surface area contributed by atoms with E-state index in [1.165, 1.54) is 11.8 Å². The minimum absolute atomic E-state index is 0. The van der Waals surface area contributed by atoms with Gasteiger partial charge in [0.1, 0.15) is 0 Å². The number of carbonyl (C=O) groups is 1. The summed E-state index contributed by atoms with van der Waals surface area (Å²) in [6, 6.07) is 9.69. The highest BCUT2D eigenvalue weighted by atomic mass is 35.5. The van der Waals surface area contributed by atoms with Crippen LogP contribution in [0.4, 0.5) is 0 Å². The molecule has 0 atom stereocenters. The van der Waals surface area contributed by atoms with Gasteiger partial charge in [-0.15, -0.1) is 24.2 Å². The molecule has 0 unspecified atom stereocenters. The molecule has 0 aliphatic rings. The van der Waals surface area contributed by atoms with Crippen molar-refractivity contribution in [3.63, 3.8) is 0 Å². The molecule has 17 heavy (non-hydrogen) atoms. The summed E-state index contributed by atoms with van der Waals surface area (Å²) in [7, 11) is 0. The van der Waals surface area contributed by atoms with E-state index >= 15 is 0 Å². The Hall–Kier alpha value is -1.26. The monoisotopic (exact) mass is 269 g/mol. The molecule has 2 aromatic rings. The van der Waals surface area contributed by atoms with Crippen LogP contribution in [0.3, 0.4) is 0 Å². The molecule has 3 nitrogen and oxygen atoms in total. The summed E-state index contributed by atoms with van der Waals surface area (Å²) < 4.78 is 0. The van der Waals surface area contributed by atoms with Crippen molar-refractivity contribution in [2.75, 3.05) is 5.75 Å². The number of rotatable bonds is 3. The van der Waals surface area contributed by atoms with Crippen molar-refractivity contribution in [1.82, 2.24) is 4.98 Å². The molecule has 0 fully saturated rings. The molecule has 0 radical (unpaired) electrons. The zero-order valence-electron chi connectivity index (χ0n) is 9.21. The number of aromatic nitrogens is 1. The van der Waals surface area contributed by atoms with E-state index in [1.807, 2.05) is 37.3 Å². The quantitative estimate of drug-likeness (QED) is 0.870. The maximum atomic E-state index is 10.6. The second-order valence-corrected chi connectivity index (χ2v) is 4.48. The fourth-order valence-electron chi connectivity index (χ4n) is 1.53. The molecule has 5 heteroatoms. The molecule has 0 saturated carbocycles. The highest BCUT2D eigenvalue weighted by molar-refractivity contribution is 8.00. The topological polar surface area (TPSA) is 50.2 Å². The van der Waals surface area contributed by atoms with Crippen molar-refractivity contribution < 1.29 is 9.90 Å². The summed E-state index contributed by atoms with van der Waals surface area (Å²) in [4.78, 5) is 15.9. The van der Waals surface area contributed by atoms with E-state index in [2.05, 4.69) is 4.98 Å². The molecule has 1 aromatic heterocycles. The summed E-state index contributed by atoms with van der Waals surface area (Å²) in [5.41, 5.74) is 1.82. The van der Waals surface area contributed by atoms with Crippen LogP contribution in [0.5, 0.6) is 0 Å². The number of fused-ring (bicyclic) bond motifs is 1. The van der Waals surface area contributed by atoms with Crippen molar-refractivity contribution in [3.05, 3.63) is 36.0 Å². The molecule has 0 aliphatic carbocycles. The number of benzene rings is 1. The number of halogens is 1. The Bertz CT molecular complexity index is 545.